The van der Waals surface area contributed by atoms with Crippen LogP contribution < -0.4 is 5.73 Å². The molecule has 17 heavy (non-hydrogen) atoms. The topological polar surface area (TPSA) is 78.3 Å². The highest BCUT2D eigenvalue weighted by Gasteiger charge is 2.21. The quantitative estimate of drug-likeness (QED) is 0.849. The predicted molar refractivity (Wildman–Crippen MR) is 64.9 cm³/mol. The van der Waals surface area contributed by atoms with Crippen LogP contribution in [0.4, 0.5) is 5.13 Å². The molecule has 0 aromatic carbocycles. The third kappa shape index (κ3) is 2.31. The maximum absolute atomic E-state index is 11.7. The number of carbonyl (C=O) groups is 1. The van der Waals surface area contributed by atoms with Gasteiger partial charge >= 0.3 is 5.97 Å². The molecule has 0 aliphatic heterocycles. The van der Waals surface area contributed by atoms with E-state index in [0.717, 1.165) is 5.76 Å². The van der Waals surface area contributed by atoms with Crippen LogP contribution in [0.3, 0.4) is 0 Å². The summed E-state index contributed by atoms with van der Waals surface area (Å²) in [6.45, 7) is 3.87. The monoisotopic (exact) mass is 252 g/mol. The molecular formula is C11H12N2O3S. The first-order valence-corrected chi connectivity index (χ1v) is 5.93. The van der Waals surface area contributed by atoms with E-state index in [1.807, 2.05) is 13.0 Å². The van der Waals surface area contributed by atoms with Crippen molar-refractivity contribution in [3.05, 3.63) is 23.6 Å². The Morgan fingerprint density at radius 2 is 2.35 bits per heavy atom. The highest BCUT2D eigenvalue weighted by Crippen LogP contribution is 2.33. The van der Waals surface area contributed by atoms with Crippen LogP contribution in [-0.2, 0) is 4.74 Å². The second kappa shape index (κ2) is 4.58. The summed E-state index contributed by atoms with van der Waals surface area (Å²) in [5.74, 6) is 0.867. The molecule has 0 aliphatic rings. The van der Waals surface area contributed by atoms with Gasteiger partial charge in [0.05, 0.1) is 6.61 Å². The lowest BCUT2D eigenvalue weighted by Gasteiger charge is -1.99. The molecule has 90 valence electrons. The molecule has 0 saturated carbocycles. The average molecular weight is 252 g/mol. The second-order valence-electron chi connectivity index (χ2n) is 3.36. The zero-order valence-corrected chi connectivity index (χ0v) is 10.3. The molecule has 5 nitrogen and oxygen atoms in total. The van der Waals surface area contributed by atoms with Crippen molar-refractivity contribution in [3.63, 3.8) is 0 Å². The normalized spacial score (nSPS) is 10.5. The van der Waals surface area contributed by atoms with E-state index in [0.29, 0.717) is 22.4 Å². The number of anilines is 1. The third-order valence-electron chi connectivity index (χ3n) is 2.08. The Bertz CT molecular complexity index is 545. The Kier molecular flexibility index (Phi) is 3.14. The van der Waals surface area contributed by atoms with Gasteiger partial charge in [-0.15, -0.1) is 0 Å². The first-order chi connectivity index (χ1) is 8.11. The minimum absolute atomic E-state index is 0.212. The minimum Gasteiger partial charge on any atom is -0.461 e. The van der Waals surface area contributed by atoms with Crippen LogP contribution in [0.5, 0.6) is 0 Å². The molecule has 0 radical (unpaired) electrons. The lowest BCUT2D eigenvalue weighted by atomic mass is 10.3. The van der Waals surface area contributed by atoms with Gasteiger partial charge in [0.1, 0.15) is 16.4 Å². The summed E-state index contributed by atoms with van der Waals surface area (Å²) in [7, 11) is 0. The number of aromatic nitrogens is 1. The van der Waals surface area contributed by atoms with Gasteiger partial charge in [-0.3, -0.25) is 0 Å². The Morgan fingerprint density at radius 1 is 1.59 bits per heavy atom. The number of nitrogens with two attached hydrogens (primary N) is 1. The van der Waals surface area contributed by atoms with Crippen LogP contribution in [-0.4, -0.2) is 17.6 Å². The number of thiazole rings is 1. The van der Waals surface area contributed by atoms with Crippen molar-refractivity contribution in [2.75, 3.05) is 12.3 Å². The number of rotatable bonds is 3. The molecule has 2 rings (SSSR count). The van der Waals surface area contributed by atoms with Gasteiger partial charge in [0.15, 0.2) is 10.8 Å². The summed E-state index contributed by atoms with van der Waals surface area (Å²) in [4.78, 5) is 16.3. The molecule has 2 aromatic heterocycles. The van der Waals surface area contributed by atoms with E-state index in [2.05, 4.69) is 4.98 Å². The van der Waals surface area contributed by atoms with Crippen LogP contribution in [0.1, 0.15) is 23.2 Å². The van der Waals surface area contributed by atoms with Gasteiger partial charge in [-0.25, -0.2) is 9.78 Å². The number of aryl methyl sites for hydroxylation is 1. The van der Waals surface area contributed by atoms with E-state index in [9.17, 15) is 4.79 Å². The number of carbonyl (C=O) groups excluding carboxylic acids is 1. The fourth-order valence-electron chi connectivity index (χ4n) is 1.40. The highest BCUT2D eigenvalue weighted by molar-refractivity contribution is 7.19. The van der Waals surface area contributed by atoms with Gasteiger partial charge in [0.2, 0.25) is 0 Å². The lowest BCUT2D eigenvalue weighted by molar-refractivity contribution is 0.0521. The molecule has 0 amide bonds. The Hall–Kier alpha value is -1.82. The number of esters is 1. The standard InChI is InChI=1S/C11H12N2O3S/c1-3-15-10(14)8-9(17-11(12)13-8)7-5-4-6(2)16-7/h4-5H,3H2,1-2H3,(H2,12,13). The van der Waals surface area contributed by atoms with Gasteiger partial charge in [0, 0.05) is 0 Å². The van der Waals surface area contributed by atoms with Gasteiger partial charge in [-0.1, -0.05) is 11.3 Å². The summed E-state index contributed by atoms with van der Waals surface area (Å²) in [6.07, 6.45) is 0. The van der Waals surface area contributed by atoms with Gasteiger partial charge in [-0.05, 0) is 26.0 Å². The van der Waals surface area contributed by atoms with E-state index >= 15 is 0 Å². The minimum atomic E-state index is -0.482. The smallest absolute Gasteiger partial charge is 0.358 e. The summed E-state index contributed by atoms with van der Waals surface area (Å²) in [5.41, 5.74) is 5.83. The molecule has 0 unspecified atom stereocenters. The van der Waals surface area contributed by atoms with Gasteiger partial charge < -0.3 is 14.9 Å². The molecule has 2 N–H and O–H groups in total. The van der Waals surface area contributed by atoms with Crippen molar-refractivity contribution < 1.29 is 13.9 Å². The van der Waals surface area contributed by atoms with Crippen LogP contribution in [0.15, 0.2) is 16.5 Å². The zero-order chi connectivity index (χ0) is 12.4. The first-order valence-electron chi connectivity index (χ1n) is 5.12. The van der Waals surface area contributed by atoms with E-state index < -0.39 is 5.97 Å². The number of hydrogen-bond donors (Lipinski definition) is 1. The molecule has 0 aliphatic carbocycles. The van der Waals surface area contributed by atoms with E-state index in [1.165, 1.54) is 11.3 Å². The first kappa shape index (κ1) is 11.7. The van der Waals surface area contributed by atoms with E-state index in [1.54, 1.807) is 13.0 Å². The summed E-state index contributed by atoms with van der Waals surface area (Å²) in [6, 6.07) is 3.60. The van der Waals surface area contributed by atoms with Crippen molar-refractivity contribution in [2.24, 2.45) is 0 Å². The summed E-state index contributed by atoms with van der Waals surface area (Å²) >= 11 is 1.21. The van der Waals surface area contributed by atoms with Gasteiger partial charge in [-0.2, -0.15) is 0 Å². The molecule has 2 heterocycles. The second-order valence-corrected chi connectivity index (χ2v) is 4.39. The average Bonchev–Trinajstić information content (AvgIpc) is 2.84. The van der Waals surface area contributed by atoms with Crippen molar-refractivity contribution in [2.45, 2.75) is 13.8 Å². The Morgan fingerprint density at radius 3 is 2.94 bits per heavy atom. The van der Waals surface area contributed by atoms with Crippen molar-refractivity contribution >= 4 is 22.4 Å². The van der Waals surface area contributed by atoms with Crippen molar-refractivity contribution in [1.82, 2.24) is 4.98 Å². The van der Waals surface area contributed by atoms with Crippen LogP contribution in [0, 0.1) is 6.92 Å². The molecular weight excluding hydrogens is 240 g/mol. The molecule has 6 heteroatoms. The summed E-state index contributed by atoms with van der Waals surface area (Å²) in [5, 5.41) is 0.317. The maximum atomic E-state index is 11.7. The molecule has 2 aromatic rings. The number of nitrogens with zero attached hydrogens (tertiary/aromatic N) is 1. The molecule has 0 spiro atoms. The SMILES string of the molecule is CCOC(=O)c1nc(N)sc1-c1ccc(C)o1. The van der Waals surface area contributed by atoms with E-state index in [4.69, 9.17) is 14.9 Å². The molecule has 0 saturated heterocycles. The fourth-order valence-corrected chi connectivity index (χ4v) is 2.18. The molecule has 0 atom stereocenters. The highest BCUT2D eigenvalue weighted by atomic mass is 32.1. The third-order valence-corrected chi connectivity index (χ3v) is 2.98. The predicted octanol–water partition coefficient (Wildman–Crippen LogP) is 2.47. The largest absolute Gasteiger partial charge is 0.461 e. The molecule has 0 bridgehead atoms. The Labute approximate surface area is 102 Å². The van der Waals surface area contributed by atoms with Crippen LogP contribution in [0.25, 0.3) is 10.6 Å². The Balaban J connectivity index is 2.43. The van der Waals surface area contributed by atoms with Crippen LogP contribution in [0.2, 0.25) is 0 Å². The maximum Gasteiger partial charge on any atom is 0.358 e. The van der Waals surface area contributed by atoms with Gasteiger partial charge in [0.25, 0.3) is 0 Å². The van der Waals surface area contributed by atoms with Crippen molar-refractivity contribution in [3.8, 4) is 10.6 Å². The van der Waals surface area contributed by atoms with Crippen molar-refractivity contribution in [1.29, 1.82) is 0 Å². The van der Waals surface area contributed by atoms with E-state index in [-0.39, 0.29) is 5.69 Å². The summed E-state index contributed by atoms with van der Waals surface area (Å²) < 4.78 is 10.4. The fraction of sp³-hybridized carbons (Fsp3) is 0.273. The zero-order valence-electron chi connectivity index (χ0n) is 9.52. The lowest BCUT2D eigenvalue weighted by Crippen LogP contribution is -2.06. The van der Waals surface area contributed by atoms with Crippen LogP contribution >= 0.6 is 11.3 Å². The number of nitrogen functional groups attached to an aromatic ring is 1. The molecule has 0 fully saturated rings. The number of ether oxygens (including phenoxy) is 1. The number of furan rings is 1. The number of hydrogen-bond acceptors (Lipinski definition) is 6.